The molecule has 8 nitrogen and oxygen atoms in total. The van der Waals surface area contributed by atoms with E-state index < -0.39 is 34.6 Å². The van der Waals surface area contributed by atoms with Gasteiger partial charge in [0.1, 0.15) is 26.6 Å². The van der Waals surface area contributed by atoms with Crippen molar-refractivity contribution in [3.8, 4) is 0 Å². The lowest BCUT2D eigenvalue weighted by Crippen LogP contribution is -2.27. The summed E-state index contributed by atoms with van der Waals surface area (Å²) in [5, 5.41) is 5.15. The van der Waals surface area contributed by atoms with Gasteiger partial charge in [-0.05, 0) is 25.1 Å². The van der Waals surface area contributed by atoms with Crippen LogP contribution >= 0.6 is 34.3 Å². The Hall–Kier alpha value is -3.16. The van der Waals surface area contributed by atoms with E-state index in [2.05, 4.69) is 30.6 Å². The molecule has 14 heteroatoms. The number of rotatable bonds is 5. The second-order valence-corrected chi connectivity index (χ2v) is 8.94. The Bertz CT molecular complexity index is 1360. The minimum Gasteiger partial charge on any atom is -0.342 e. The molecular formula is C19H12ClF3N6O2S2. The highest BCUT2D eigenvalue weighted by Crippen LogP contribution is 2.36. The van der Waals surface area contributed by atoms with Crippen LogP contribution in [0.25, 0.3) is 10.3 Å². The first-order valence-corrected chi connectivity index (χ1v) is 11.2. The molecule has 3 aromatic heterocycles. The molecule has 0 saturated carbocycles. The van der Waals surface area contributed by atoms with Gasteiger partial charge in [-0.2, -0.15) is 13.2 Å². The van der Waals surface area contributed by atoms with Crippen LogP contribution < -0.4 is 10.6 Å². The Balaban J connectivity index is 1.44. The van der Waals surface area contributed by atoms with Gasteiger partial charge >= 0.3 is 6.18 Å². The molecule has 0 aliphatic heterocycles. The fourth-order valence-corrected chi connectivity index (χ4v) is 4.53. The summed E-state index contributed by atoms with van der Waals surface area (Å²) in [5.74, 6) is -1.05. The van der Waals surface area contributed by atoms with Gasteiger partial charge in [-0.25, -0.2) is 19.9 Å². The Morgan fingerprint density at radius 3 is 2.64 bits per heavy atom. The van der Waals surface area contributed by atoms with E-state index in [0.717, 1.165) is 29.5 Å². The van der Waals surface area contributed by atoms with Crippen molar-refractivity contribution in [1.29, 1.82) is 0 Å². The number of aromatic nitrogens is 4. The fraction of sp³-hybridized carbons (Fsp3) is 0.158. The zero-order valence-electron chi connectivity index (χ0n) is 16.5. The summed E-state index contributed by atoms with van der Waals surface area (Å²) in [6, 6.07) is 2.38. The smallest absolute Gasteiger partial charge is 0.342 e. The van der Waals surface area contributed by atoms with E-state index >= 15 is 0 Å². The van der Waals surface area contributed by atoms with Crippen molar-refractivity contribution < 1.29 is 22.8 Å². The predicted molar refractivity (Wildman–Crippen MR) is 118 cm³/mol. The Morgan fingerprint density at radius 2 is 1.91 bits per heavy atom. The number of benzene rings is 1. The summed E-state index contributed by atoms with van der Waals surface area (Å²) in [4.78, 5) is 42.2. The number of nitrogens with zero attached hydrogens (tertiary/aromatic N) is 4. The zero-order chi connectivity index (χ0) is 23.8. The minimum absolute atomic E-state index is 0.102. The predicted octanol–water partition coefficient (Wildman–Crippen LogP) is 4.96. The number of hydrogen-bond acceptors (Lipinski definition) is 8. The van der Waals surface area contributed by atoms with Crippen LogP contribution in [0.15, 0.2) is 36.2 Å². The van der Waals surface area contributed by atoms with Crippen LogP contribution in [0.3, 0.4) is 0 Å². The van der Waals surface area contributed by atoms with E-state index in [-0.39, 0.29) is 16.3 Å². The standard InChI is InChI=1S/C19H12ClF3N6O2S2/c1-8(28-16(31)13-14-18(26-6-25-13)32-7-27-14)17-24-5-12(33-17)15(30)29-9-2-3-10(11(20)4-9)19(21,22)23/h2-8H,1H3,(H,28,31)(H,29,30). The van der Waals surface area contributed by atoms with E-state index in [1.807, 2.05) is 0 Å². The quantitative estimate of drug-likeness (QED) is 0.391. The van der Waals surface area contributed by atoms with E-state index in [0.29, 0.717) is 15.4 Å². The molecule has 1 unspecified atom stereocenters. The summed E-state index contributed by atoms with van der Waals surface area (Å²) in [6.45, 7) is 1.69. The van der Waals surface area contributed by atoms with E-state index in [9.17, 15) is 22.8 Å². The highest BCUT2D eigenvalue weighted by Gasteiger charge is 2.33. The number of alkyl halides is 3. The number of fused-ring (bicyclic) bond motifs is 1. The van der Waals surface area contributed by atoms with Crippen LogP contribution in [-0.2, 0) is 6.18 Å². The molecule has 0 bridgehead atoms. The average molecular weight is 513 g/mol. The number of carbonyl (C=O) groups excluding carboxylic acids is 2. The maximum atomic E-state index is 12.8. The Labute approximate surface area is 196 Å². The van der Waals surface area contributed by atoms with Crippen LogP contribution in [0, 0.1) is 0 Å². The molecular weight excluding hydrogens is 501 g/mol. The van der Waals surface area contributed by atoms with Crippen molar-refractivity contribution >= 4 is 62.1 Å². The molecule has 2 N–H and O–H groups in total. The lowest BCUT2D eigenvalue weighted by Gasteiger charge is -2.11. The number of anilines is 1. The molecule has 0 aliphatic rings. The third-order valence-corrected chi connectivity index (χ3v) is 6.57. The normalized spacial score (nSPS) is 12.5. The number of nitrogens with one attached hydrogen (secondary N) is 2. The van der Waals surface area contributed by atoms with Crippen LogP contribution in [0.1, 0.15) is 43.7 Å². The van der Waals surface area contributed by atoms with Gasteiger partial charge in [-0.1, -0.05) is 11.6 Å². The van der Waals surface area contributed by atoms with Gasteiger partial charge in [0.15, 0.2) is 5.69 Å². The minimum atomic E-state index is -4.59. The van der Waals surface area contributed by atoms with Crippen molar-refractivity contribution in [3.05, 3.63) is 62.4 Å². The maximum absolute atomic E-state index is 12.8. The molecule has 3 heterocycles. The first-order valence-electron chi connectivity index (χ1n) is 9.12. The van der Waals surface area contributed by atoms with Crippen LogP contribution in [-0.4, -0.2) is 31.8 Å². The number of amides is 2. The number of halogens is 4. The largest absolute Gasteiger partial charge is 0.417 e. The molecule has 1 atom stereocenters. The molecule has 4 rings (SSSR count). The Kier molecular flexibility index (Phi) is 6.28. The lowest BCUT2D eigenvalue weighted by atomic mass is 10.2. The average Bonchev–Trinajstić information content (AvgIpc) is 3.42. The second-order valence-electron chi connectivity index (χ2n) is 6.63. The van der Waals surface area contributed by atoms with E-state index in [1.165, 1.54) is 23.9 Å². The van der Waals surface area contributed by atoms with Crippen molar-refractivity contribution in [2.75, 3.05) is 5.32 Å². The van der Waals surface area contributed by atoms with E-state index in [4.69, 9.17) is 11.6 Å². The molecule has 0 aliphatic carbocycles. The van der Waals surface area contributed by atoms with Crippen LogP contribution in [0.5, 0.6) is 0 Å². The van der Waals surface area contributed by atoms with Gasteiger partial charge in [0.25, 0.3) is 11.8 Å². The summed E-state index contributed by atoms with van der Waals surface area (Å²) in [5.41, 5.74) is 1.19. The number of carbonyl (C=O) groups is 2. The van der Waals surface area contributed by atoms with Gasteiger partial charge < -0.3 is 10.6 Å². The SMILES string of the molecule is CC(NC(=O)c1ncnc2scnc12)c1ncc(C(=O)Nc2ccc(C(F)(F)F)c(Cl)c2)s1. The first-order chi connectivity index (χ1) is 15.6. The van der Waals surface area contributed by atoms with Crippen LogP contribution in [0.4, 0.5) is 18.9 Å². The molecule has 4 aromatic rings. The molecule has 0 radical (unpaired) electrons. The van der Waals surface area contributed by atoms with Crippen molar-refractivity contribution in [1.82, 2.24) is 25.3 Å². The molecule has 1 aromatic carbocycles. The van der Waals surface area contributed by atoms with Gasteiger partial charge in [0.05, 0.1) is 28.3 Å². The second kappa shape index (κ2) is 9.00. The third kappa shape index (κ3) is 4.94. The monoisotopic (exact) mass is 512 g/mol. The van der Waals surface area contributed by atoms with Crippen LogP contribution in [0.2, 0.25) is 5.02 Å². The number of thiazole rings is 2. The van der Waals surface area contributed by atoms with Gasteiger partial charge in [-0.3, -0.25) is 9.59 Å². The third-order valence-electron chi connectivity index (χ3n) is 4.35. The highest BCUT2D eigenvalue weighted by molar-refractivity contribution is 7.16. The fourth-order valence-electron chi connectivity index (χ4n) is 2.80. The summed E-state index contributed by atoms with van der Waals surface area (Å²) < 4.78 is 38.5. The number of hydrogen-bond donors (Lipinski definition) is 2. The molecule has 2 amide bonds. The highest BCUT2D eigenvalue weighted by atomic mass is 35.5. The van der Waals surface area contributed by atoms with Crippen molar-refractivity contribution in [2.24, 2.45) is 0 Å². The van der Waals surface area contributed by atoms with Gasteiger partial charge in [0, 0.05) is 5.69 Å². The summed E-state index contributed by atoms with van der Waals surface area (Å²) in [6.07, 6.45) is -2.00. The molecule has 0 spiro atoms. The first kappa shape index (κ1) is 23.0. The van der Waals surface area contributed by atoms with E-state index in [1.54, 1.807) is 12.4 Å². The lowest BCUT2D eigenvalue weighted by molar-refractivity contribution is -0.137. The zero-order valence-corrected chi connectivity index (χ0v) is 18.9. The summed E-state index contributed by atoms with van der Waals surface area (Å²) in [7, 11) is 0. The molecule has 0 fully saturated rings. The topological polar surface area (TPSA) is 110 Å². The molecule has 170 valence electrons. The Morgan fingerprint density at radius 1 is 1.12 bits per heavy atom. The summed E-state index contributed by atoms with van der Waals surface area (Å²) >= 11 is 7.99. The van der Waals surface area contributed by atoms with Crippen molar-refractivity contribution in [2.45, 2.75) is 19.1 Å². The molecule has 0 saturated heterocycles. The van der Waals surface area contributed by atoms with Gasteiger partial charge in [-0.15, -0.1) is 22.7 Å². The molecule has 33 heavy (non-hydrogen) atoms. The maximum Gasteiger partial charge on any atom is 0.417 e. The van der Waals surface area contributed by atoms with Gasteiger partial charge in [0.2, 0.25) is 0 Å². The van der Waals surface area contributed by atoms with Crippen molar-refractivity contribution in [3.63, 3.8) is 0 Å².